The minimum Gasteiger partial charge on any atom is -0.375 e. The maximum atomic E-state index is 5.57. The SMILES string of the molecule is CCCCCCCCCSc1cnc(N)s1. The van der Waals surface area contributed by atoms with Crippen LogP contribution in [0, 0.1) is 0 Å². The molecule has 2 N–H and O–H groups in total. The van der Waals surface area contributed by atoms with E-state index in [1.807, 2.05) is 18.0 Å². The fourth-order valence-electron chi connectivity index (χ4n) is 1.57. The molecule has 1 aromatic rings. The Labute approximate surface area is 107 Å². The zero-order valence-electron chi connectivity index (χ0n) is 10.1. The molecule has 0 aliphatic heterocycles. The normalized spacial score (nSPS) is 10.8. The summed E-state index contributed by atoms with van der Waals surface area (Å²) in [6, 6.07) is 0. The summed E-state index contributed by atoms with van der Waals surface area (Å²) in [6.45, 7) is 2.26. The molecule has 1 heterocycles. The zero-order chi connectivity index (χ0) is 11.6. The Morgan fingerprint density at radius 3 is 2.50 bits per heavy atom. The van der Waals surface area contributed by atoms with Crippen LogP contribution in [0.1, 0.15) is 51.9 Å². The third-order valence-corrected chi connectivity index (χ3v) is 4.60. The Hall–Kier alpha value is -0.220. The Kier molecular flexibility index (Phi) is 7.68. The second kappa shape index (κ2) is 8.88. The fraction of sp³-hybridized carbons (Fsp3) is 0.750. The average molecular weight is 258 g/mol. The second-order valence-electron chi connectivity index (χ2n) is 3.99. The van der Waals surface area contributed by atoms with Crippen molar-refractivity contribution in [3.63, 3.8) is 0 Å². The van der Waals surface area contributed by atoms with Gasteiger partial charge in [0.1, 0.15) is 0 Å². The van der Waals surface area contributed by atoms with Crippen LogP contribution in [0.15, 0.2) is 10.4 Å². The quantitative estimate of drug-likeness (QED) is 0.521. The molecule has 0 aliphatic rings. The molecule has 0 unspecified atom stereocenters. The van der Waals surface area contributed by atoms with Crippen molar-refractivity contribution < 1.29 is 0 Å². The summed E-state index contributed by atoms with van der Waals surface area (Å²) >= 11 is 3.48. The average Bonchev–Trinajstić information content (AvgIpc) is 2.68. The molecule has 1 aromatic heterocycles. The van der Waals surface area contributed by atoms with Gasteiger partial charge in [-0.25, -0.2) is 4.98 Å². The third-order valence-electron chi connectivity index (χ3n) is 2.49. The predicted molar refractivity (Wildman–Crippen MR) is 75.2 cm³/mol. The summed E-state index contributed by atoms with van der Waals surface area (Å²) in [5.74, 6) is 1.20. The lowest BCUT2D eigenvalue weighted by Crippen LogP contribution is -1.82. The highest BCUT2D eigenvalue weighted by Gasteiger charge is 1.98. The van der Waals surface area contributed by atoms with E-state index in [1.54, 1.807) is 11.3 Å². The summed E-state index contributed by atoms with van der Waals surface area (Å²) in [5, 5.41) is 0.682. The van der Waals surface area contributed by atoms with Gasteiger partial charge in [-0.2, -0.15) is 0 Å². The first-order valence-corrected chi connectivity index (χ1v) is 7.97. The molecule has 0 radical (unpaired) electrons. The molecule has 2 nitrogen and oxygen atoms in total. The van der Waals surface area contributed by atoms with Crippen LogP contribution < -0.4 is 5.73 Å². The Balaban J connectivity index is 1.88. The molecule has 0 bridgehead atoms. The molecule has 0 saturated carbocycles. The number of nitrogens with two attached hydrogens (primary N) is 1. The van der Waals surface area contributed by atoms with E-state index >= 15 is 0 Å². The Morgan fingerprint density at radius 1 is 1.19 bits per heavy atom. The first-order chi connectivity index (χ1) is 7.83. The summed E-state index contributed by atoms with van der Waals surface area (Å²) in [4.78, 5) is 4.04. The molecular formula is C12H22N2S2. The molecule has 0 aromatic carbocycles. The molecule has 0 spiro atoms. The third kappa shape index (κ3) is 6.38. The molecule has 0 fully saturated rings. The monoisotopic (exact) mass is 258 g/mol. The molecule has 0 aliphatic carbocycles. The number of thiazole rings is 1. The van der Waals surface area contributed by atoms with Crippen molar-refractivity contribution in [2.45, 2.75) is 56.1 Å². The number of anilines is 1. The highest BCUT2D eigenvalue weighted by molar-refractivity contribution is 8.01. The van der Waals surface area contributed by atoms with E-state index in [9.17, 15) is 0 Å². The fourth-order valence-corrected chi connectivity index (χ4v) is 3.41. The largest absolute Gasteiger partial charge is 0.375 e. The number of nitrogen functional groups attached to an aromatic ring is 1. The number of hydrogen-bond acceptors (Lipinski definition) is 4. The molecule has 0 atom stereocenters. The molecule has 1 rings (SSSR count). The summed E-state index contributed by atoms with van der Waals surface area (Å²) in [5.41, 5.74) is 5.57. The van der Waals surface area contributed by atoms with E-state index in [0.717, 1.165) is 0 Å². The van der Waals surface area contributed by atoms with Crippen molar-refractivity contribution in [3.8, 4) is 0 Å². The number of aromatic nitrogens is 1. The molecule has 92 valence electrons. The van der Waals surface area contributed by atoms with E-state index in [-0.39, 0.29) is 0 Å². The van der Waals surface area contributed by atoms with Gasteiger partial charge < -0.3 is 5.73 Å². The van der Waals surface area contributed by atoms with Crippen LogP contribution in [0.2, 0.25) is 0 Å². The number of rotatable bonds is 9. The Morgan fingerprint density at radius 2 is 1.88 bits per heavy atom. The standard InChI is InChI=1S/C12H22N2S2/c1-2-3-4-5-6-7-8-9-15-11-10-14-12(13)16-11/h10H,2-9H2,1H3,(H2,13,14). The van der Waals surface area contributed by atoms with Crippen molar-refractivity contribution >= 4 is 28.2 Å². The van der Waals surface area contributed by atoms with Crippen molar-refractivity contribution in [2.75, 3.05) is 11.5 Å². The van der Waals surface area contributed by atoms with Crippen LogP contribution in [-0.4, -0.2) is 10.7 Å². The van der Waals surface area contributed by atoms with Crippen LogP contribution in [0.5, 0.6) is 0 Å². The van der Waals surface area contributed by atoms with Crippen LogP contribution in [0.25, 0.3) is 0 Å². The van der Waals surface area contributed by atoms with Gasteiger partial charge in [0, 0.05) is 0 Å². The van der Waals surface area contributed by atoms with Gasteiger partial charge in [0.15, 0.2) is 5.13 Å². The van der Waals surface area contributed by atoms with Gasteiger partial charge in [-0.1, -0.05) is 56.8 Å². The molecular weight excluding hydrogens is 236 g/mol. The second-order valence-corrected chi connectivity index (χ2v) is 6.44. The van der Waals surface area contributed by atoms with E-state index in [4.69, 9.17) is 5.73 Å². The summed E-state index contributed by atoms with van der Waals surface area (Å²) in [6.07, 6.45) is 11.5. The number of unbranched alkanes of at least 4 members (excludes halogenated alkanes) is 6. The maximum absolute atomic E-state index is 5.57. The van der Waals surface area contributed by atoms with Crippen LogP contribution in [0.3, 0.4) is 0 Å². The zero-order valence-corrected chi connectivity index (χ0v) is 11.7. The minimum atomic E-state index is 0.682. The van der Waals surface area contributed by atoms with Gasteiger partial charge in [-0.15, -0.1) is 11.8 Å². The van der Waals surface area contributed by atoms with Crippen LogP contribution >= 0.6 is 23.1 Å². The van der Waals surface area contributed by atoms with Crippen molar-refractivity contribution in [2.24, 2.45) is 0 Å². The van der Waals surface area contributed by atoms with Crippen LogP contribution in [0.4, 0.5) is 5.13 Å². The van der Waals surface area contributed by atoms with Gasteiger partial charge in [0.25, 0.3) is 0 Å². The lowest BCUT2D eigenvalue weighted by atomic mass is 10.1. The van der Waals surface area contributed by atoms with Gasteiger partial charge in [-0.05, 0) is 12.2 Å². The van der Waals surface area contributed by atoms with Crippen LogP contribution in [-0.2, 0) is 0 Å². The lowest BCUT2D eigenvalue weighted by Gasteiger charge is -2.00. The molecule has 0 saturated heterocycles. The lowest BCUT2D eigenvalue weighted by molar-refractivity contribution is 0.603. The van der Waals surface area contributed by atoms with Gasteiger partial charge >= 0.3 is 0 Å². The number of nitrogens with zero attached hydrogens (tertiary/aromatic N) is 1. The predicted octanol–water partition coefficient (Wildman–Crippen LogP) is 4.57. The highest BCUT2D eigenvalue weighted by Crippen LogP contribution is 2.27. The number of hydrogen-bond donors (Lipinski definition) is 1. The van der Waals surface area contributed by atoms with E-state index in [1.165, 1.54) is 54.9 Å². The Bertz CT molecular complexity index is 274. The van der Waals surface area contributed by atoms with Gasteiger partial charge in [-0.3, -0.25) is 0 Å². The maximum Gasteiger partial charge on any atom is 0.181 e. The smallest absolute Gasteiger partial charge is 0.181 e. The molecule has 16 heavy (non-hydrogen) atoms. The first-order valence-electron chi connectivity index (χ1n) is 6.17. The topological polar surface area (TPSA) is 38.9 Å². The highest BCUT2D eigenvalue weighted by atomic mass is 32.2. The van der Waals surface area contributed by atoms with Crippen molar-refractivity contribution in [3.05, 3.63) is 6.20 Å². The minimum absolute atomic E-state index is 0.682. The van der Waals surface area contributed by atoms with Gasteiger partial charge in [0.05, 0.1) is 10.4 Å². The van der Waals surface area contributed by atoms with E-state index in [2.05, 4.69) is 11.9 Å². The summed E-state index contributed by atoms with van der Waals surface area (Å²) < 4.78 is 1.25. The number of thioether (sulfide) groups is 1. The molecule has 0 amide bonds. The van der Waals surface area contributed by atoms with E-state index in [0.29, 0.717) is 5.13 Å². The van der Waals surface area contributed by atoms with Crippen molar-refractivity contribution in [1.29, 1.82) is 0 Å². The van der Waals surface area contributed by atoms with Crippen molar-refractivity contribution in [1.82, 2.24) is 4.98 Å². The summed E-state index contributed by atoms with van der Waals surface area (Å²) in [7, 11) is 0. The van der Waals surface area contributed by atoms with Gasteiger partial charge in [0.2, 0.25) is 0 Å². The molecule has 4 heteroatoms. The first kappa shape index (κ1) is 13.8. The van der Waals surface area contributed by atoms with E-state index < -0.39 is 0 Å².